The van der Waals surface area contributed by atoms with Crippen LogP contribution in [0.4, 0.5) is 0 Å². The molecule has 1 aliphatic rings. The molecule has 2 aromatic heterocycles. The van der Waals surface area contributed by atoms with Crippen molar-refractivity contribution in [2.45, 2.75) is 38.5 Å². The molecule has 1 atom stereocenters. The summed E-state index contributed by atoms with van der Waals surface area (Å²) in [7, 11) is 0. The maximum Gasteiger partial charge on any atom is 0.303 e. The van der Waals surface area contributed by atoms with Gasteiger partial charge in [0, 0.05) is 24.4 Å². The van der Waals surface area contributed by atoms with Crippen molar-refractivity contribution in [1.82, 2.24) is 9.97 Å². The fourth-order valence-corrected chi connectivity index (χ4v) is 4.58. The zero-order valence-electron chi connectivity index (χ0n) is 19.0. The van der Waals surface area contributed by atoms with Crippen molar-refractivity contribution in [1.29, 1.82) is 0 Å². The molecule has 6 nitrogen and oxygen atoms in total. The summed E-state index contributed by atoms with van der Waals surface area (Å²) in [5.74, 6) is 1.57. The van der Waals surface area contributed by atoms with Gasteiger partial charge in [0.25, 0.3) is 0 Å². The molecule has 0 bridgehead atoms. The number of aryl methyl sites for hydroxylation is 2. The van der Waals surface area contributed by atoms with Gasteiger partial charge in [-0.25, -0.2) is 4.98 Å². The summed E-state index contributed by atoms with van der Waals surface area (Å²) < 4.78 is 11.9. The van der Waals surface area contributed by atoms with Crippen molar-refractivity contribution < 1.29 is 19.1 Å². The Morgan fingerprint density at radius 2 is 1.94 bits per heavy atom. The van der Waals surface area contributed by atoms with Gasteiger partial charge >= 0.3 is 5.97 Å². The third-order valence-corrected chi connectivity index (χ3v) is 6.36. The Kier molecular flexibility index (Phi) is 6.12. The summed E-state index contributed by atoms with van der Waals surface area (Å²) in [6.07, 6.45) is 6.22. The molecule has 1 aliphatic carbocycles. The van der Waals surface area contributed by atoms with Gasteiger partial charge in [-0.05, 0) is 78.3 Å². The number of rotatable bonds is 8. The van der Waals surface area contributed by atoms with Gasteiger partial charge in [0.2, 0.25) is 5.89 Å². The Morgan fingerprint density at radius 3 is 2.71 bits per heavy atom. The van der Waals surface area contributed by atoms with Gasteiger partial charge < -0.3 is 14.3 Å². The summed E-state index contributed by atoms with van der Waals surface area (Å²) in [6.45, 7) is 2.41. The van der Waals surface area contributed by atoms with Gasteiger partial charge in [0.1, 0.15) is 11.5 Å². The predicted molar refractivity (Wildman–Crippen MR) is 129 cm³/mol. The Hall–Kier alpha value is -3.93. The van der Waals surface area contributed by atoms with E-state index in [0.29, 0.717) is 18.9 Å². The van der Waals surface area contributed by atoms with Crippen LogP contribution in [0.25, 0.3) is 22.6 Å². The molecule has 5 rings (SSSR count). The van der Waals surface area contributed by atoms with Crippen LogP contribution in [-0.2, 0) is 17.6 Å². The highest BCUT2D eigenvalue weighted by atomic mass is 16.5. The molecular formula is C28H26N2O4. The fraction of sp³-hybridized carbons (Fsp3) is 0.250. The zero-order valence-corrected chi connectivity index (χ0v) is 19.0. The molecule has 4 aromatic rings. The largest absolute Gasteiger partial charge is 0.493 e. The molecule has 1 N–H and O–H groups in total. The van der Waals surface area contributed by atoms with Gasteiger partial charge in [-0.1, -0.05) is 24.3 Å². The zero-order chi connectivity index (χ0) is 23.5. The fourth-order valence-electron chi connectivity index (χ4n) is 4.58. The smallest absolute Gasteiger partial charge is 0.303 e. The number of oxazole rings is 1. The second kappa shape index (κ2) is 9.51. The number of carboxylic acids is 1. The van der Waals surface area contributed by atoms with Crippen molar-refractivity contribution in [3.8, 4) is 28.3 Å². The van der Waals surface area contributed by atoms with Crippen LogP contribution in [-0.4, -0.2) is 27.7 Å². The minimum atomic E-state index is -0.745. The molecule has 6 heteroatoms. The normalized spacial score (nSPS) is 14.7. The van der Waals surface area contributed by atoms with E-state index in [1.165, 1.54) is 5.56 Å². The number of carboxylic acid groups (broad SMARTS) is 1. The summed E-state index contributed by atoms with van der Waals surface area (Å²) in [4.78, 5) is 19.9. The number of fused-ring (bicyclic) bond motifs is 1. The van der Waals surface area contributed by atoms with Crippen molar-refractivity contribution in [3.63, 3.8) is 0 Å². The Balaban J connectivity index is 1.21. The molecule has 0 amide bonds. The number of aliphatic carboxylic acids is 1. The minimum absolute atomic E-state index is 0.108. The number of hydrogen-bond acceptors (Lipinski definition) is 5. The Morgan fingerprint density at radius 1 is 1.12 bits per heavy atom. The van der Waals surface area contributed by atoms with E-state index in [2.05, 4.69) is 4.98 Å². The Labute approximate surface area is 198 Å². The van der Waals surface area contributed by atoms with E-state index < -0.39 is 5.97 Å². The first-order valence-electron chi connectivity index (χ1n) is 11.5. The predicted octanol–water partition coefficient (Wildman–Crippen LogP) is 5.84. The molecule has 2 aromatic carbocycles. The molecule has 0 saturated carbocycles. The molecular weight excluding hydrogens is 428 g/mol. The average Bonchev–Trinajstić information content (AvgIpc) is 3.42. The monoisotopic (exact) mass is 454 g/mol. The van der Waals surface area contributed by atoms with Crippen LogP contribution in [0, 0.1) is 6.92 Å². The van der Waals surface area contributed by atoms with Crippen molar-refractivity contribution in [2.24, 2.45) is 0 Å². The van der Waals surface area contributed by atoms with Crippen LogP contribution >= 0.6 is 0 Å². The van der Waals surface area contributed by atoms with Gasteiger partial charge in [0.05, 0.1) is 18.7 Å². The lowest BCUT2D eigenvalue weighted by Gasteiger charge is -2.10. The van der Waals surface area contributed by atoms with Gasteiger partial charge in [-0.15, -0.1) is 0 Å². The molecule has 0 saturated heterocycles. The molecule has 0 unspecified atom stereocenters. The molecule has 0 aliphatic heterocycles. The average molecular weight is 455 g/mol. The lowest BCUT2D eigenvalue weighted by atomic mass is 9.98. The van der Waals surface area contributed by atoms with E-state index in [9.17, 15) is 4.79 Å². The number of aromatic nitrogens is 2. The summed E-state index contributed by atoms with van der Waals surface area (Å²) in [5.41, 5.74) is 6.31. The van der Waals surface area contributed by atoms with E-state index in [0.717, 1.165) is 52.3 Å². The SMILES string of the molecule is Cc1oc(-c2ccc(-c3cccnc3)cc2)nc1CCOc1ccc2c(c1)CC[C@H]2CC(=O)O. The first-order valence-corrected chi connectivity index (χ1v) is 11.5. The van der Waals surface area contributed by atoms with E-state index in [4.69, 9.17) is 19.2 Å². The highest BCUT2D eigenvalue weighted by Crippen LogP contribution is 2.37. The van der Waals surface area contributed by atoms with Crippen LogP contribution in [0.2, 0.25) is 0 Å². The number of nitrogens with zero attached hydrogens (tertiary/aromatic N) is 2. The maximum atomic E-state index is 11.1. The third kappa shape index (κ3) is 4.71. The number of pyridine rings is 1. The summed E-state index contributed by atoms with van der Waals surface area (Å²) in [5, 5.41) is 9.09. The summed E-state index contributed by atoms with van der Waals surface area (Å²) >= 11 is 0. The minimum Gasteiger partial charge on any atom is -0.493 e. The standard InChI is InChI=1S/C28H26N2O4/c1-18-26(12-14-33-24-10-11-25-21(15-24)8-9-22(25)16-27(31)32)30-28(34-18)20-6-4-19(5-7-20)23-3-2-13-29-17-23/h2-7,10-11,13,15,17,22H,8-9,12,14,16H2,1H3,(H,31,32)/t22-/m0/s1. The first kappa shape index (κ1) is 21.9. The first-order chi connectivity index (χ1) is 16.6. The molecule has 0 fully saturated rings. The van der Waals surface area contributed by atoms with E-state index in [-0.39, 0.29) is 12.3 Å². The van der Waals surface area contributed by atoms with Gasteiger partial charge in [0.15, 0.2) is 0 Å². The maximum absolute atomic E-state index is 11.1. The molecule has 0 radical (unpaired) electrons. The lowest BCUT2D eigenvalue weighted by molar-refractivity contribution is -0.137. The molecule has 172 valence electrons. The van der Waals surface area contributed by atoms with Crippen LogP contribution in [0.5, 0.6) is 5.75 Å². The lowest BCUT2D eigenvalue weighted by Crippen LogP contribution is -2.04. The quantitative estimate of drug-likeness (QED) is 0.360. The van der Waals surface area contributed by atoms with Crippen LogP contribution < -0.4 is 4.74 Å². The van der Waals surface area contributed by atoms with Gasteiger partial charge in [-0.2, -0.15) is 0 Å². The summed E-state index contributed by atoms with van der Waals surface area (Å²) in [6, 6.07) is 18.1. The molecule has 2 heterocycles. The van der Waals surface area contributed by atoms with E-state index >= 15 is 0 Å². The second-order valence-electron chi connectivity index (χ2n) is 8.63. The topological polar surface area (TPSA) is 85.5 Å². The number of ether oxygens (including phenoxy) is 1. The van der Waals surface area contributed by atoms with Gasteiger partial charge in [-0.3, -0.25) is 9.78 Å². The van der Waals surface area contributed by atoms with Crippen molar-refractivity contribution in [2.75, 3.05) is 6.61 Å². The van der Waals surface area contributed by atoms with Crippen molar-refractivity contribution in [3.05, 3.63) is 89.6 Å². The second-order valence-corrected chi connectivity index (χ2v) is 8.63. The molecule has 34 heavy (non-hydrogen) atoms. The number of benzene rings is 2. The van der Waals surface area contributed by atoms with E-state index in [1.54, 1.807) is 6.20 Å². The van der Waals surface area contributed by atoms with Crippen LogP contribution in [0.3, 0.4) is 0 Å². The third-order valence-electron chi connectivity index (χ3n) is 6.36. The van der Waals surface area contributed by atoms with Crippen molar-refractivity contribution >= 4 is 5.97 Å². The van der Waals surface area contributed by atoms with Crippen LogP contribution in [0.15, 0.2) is 71.4 Å². The number of hydrogen-bond donors (Lipinski definition) is 1. The van der Waals surface area contributed by atoms with Crippen LogP contribution in [0.1, 0.15) is 41.3 Å². The number of carbonyl (C=O) groups is 1. The van der Waals surface area contributed by atoms with E-state index in [1.807, 2.05) is 67.7 Å². The Bertz CT molecular complexity index is 1300. The molecule has 0 spiro atoms. The highest BCUT2D eigenvalue weighted by Gasteiger charge is 2.25. The highest BCUT2D eigenvalue weighted by molar-refractivity contribution is 5.68.